The number of carbonyl (C=O) groups excluding carboxylic acids is 1. The highest BCUT2D eigenvalue weighted by atomic mass is 16.5. The van der Waals surface area contributed by atoms with Crippen LogP contribution in [0.1, 0.15) is 27.0 Å². The van der Waals surface area contributed by atoms with Crippen molar-refractivity contribution < 1.29 is 9.53 Å². The Morgan fingerprint density at radius 1 is 1.04 bits per heavy atom. The molecule has 0 aromatic heterocycles. The van der Waals surface area contributed by atoms with Crippen LogP contribution in [0.2, 0.25) is 0 Å². The van der Waals surface area contributed by atoms with Crippen LogP contribution in [0.5, 0.6) is 5.75 Å². The van der Waals surface area contributed by atoms with Gasteiger partial charge in [0.05, 0.1) is 0 Å². The van der Waals surface area contributed by atoms with Crippen LogP contribution in [0, 0.1) is 5.41 Å². The molecule has 28 heavy (non-hydrogen) atoms. The zero-order valence-electron chi connectivity index (χ0n) is 15.4. The Labute approximate surface area is 163 Å². The van der Waals surface area contributed by atoms with Crippen molar-refractivity contribution in [3.8, 4) is 5.75 Å². The smallest absolute Gasteiger partial charge is 0.258 e. The second-order valence-corrected chi connectivity index (χ2v) is 6.76. The summed E-state index contributed by atoms with van der Waals surface area (Å²) in [5, 5.41) is 7.43. The summed E-state index contributed by atoms with van der Waals surface area (Å²) in [5.74, 6) is 0.825. The Bertz CT molecular complexity index is 1010. The number of nitrogens with zero attached hydrogens (tertiary/aromatic N) is 1. The molecule has 140 valence electrons. The first-order valence-electron chi connectivity index (χ1n) is 9.18. The number of para-hydroxylation sites is 1. The van der Waals surface area contributed by atoms with Crippen molar-refractivity contribution in [2.75, 3.05) is 11.4 Å². The summed E-state index contributed by atoms with van der Waals surface area (Å²) in [4.78, 5) is 14.7. The lowest BCUT2D eigenvalue weighted by atomic mass is 9.98. The van der Waals surface area contributed by atoms with E-state index in [-0.39, 0.29) is 11.7 Å². The van der Waals surface area contributed by atoms with Gasteiger partial charge in [0.2, 0.25) is 0 Å². The first-order valence-corrected chi connectivity index (χ1v) is 9.18. The number of nitrogen functional groups attached to an aromatic ring is 1. The van der Waals surface area contributed by atoms with Gasteiger partial charge in [-0.15, -0.1) is 0 Å². The fraction of sp³-hybridized carbons (Fsp3) is 0.130. The molecule has 0 saturated heterocycles. The SMILES string of the molecule is N=C(N)c1ccc(COc2ccc3c(c2)CCN(c2ccccc2)C3=O)cc1. The number of hydrogen-bond acceptors (Lipinski definition) is 3. The molecule has 0 spiro atoms. The predicted octanol–water partition coefficient (Wildman–Crippen LogP) is 3.75. The monoisotopic (exact) mass is 371 g/mol. The normalized spacial score (nSPS) is 13.1. The molecule has 0 fully saturated rings. The van der Waals surface area contributed by atoms with Gasteiger partial charge in [-0.05, 0) is 47.9 Å². The molecule has 0 radical (unpaired) electrons. The second kappa shape index (κ2) is 7.56. The van der Waals surface area contributed by atoms with Gasteiger partial charge in [-0.1, -0.05) is 42.5 Å². The quantitative estimate of drug-likeness (QED) is 0.529. The van der Waals surface area contributed by atoms with Gasteiger partial charge in [-0.25, -0.2) is 0 Å². The molecule has 1 aliphatic heterocycles. The average Bonchev–Trinajstić information content (AvgIpc) is 2.73. The summed E-state index contributed by atoms with van der Waals surface area (Å²) < 4.78 is 5.90. The highest BCUT2D eigenvalue weighted by molar-refractivity contribution is 6.08. The summed E-state index contributed by atoms with van der Waals surface area (Å²) in [6.07, 6.45) is 0.792. The molecule has 5 nitrogen and oxygen atoms in total. The summed E-state index contributed by atoms with van der Waals surface area (Å²) in [6.45, 7) is 1.08. The lowest BCUT2D eigenvalue weighted by Crippen LogP contribution is -2.37. The van der Waals surface area contributed by atoms with Gasteiger partial charge in [0.1, 0.15) is 18.2 Å². The third-order valence-corrected chi connectivity index (χ3v) is 4.90. The molecule has 3 aromatic carbocycles. The molecule has 0 saturated carbocycles. The third kappa shape index (κ3) is 3.60. The summed E-state index contributed by atoms with van der Waals surface area (Å²) in [5.41, 5.74) is 9.83. The zero-order chi connectivity index (χ0) is 19.5. The van der Waals surface area contributed by atoms with Gasteiger partial charge in [0.25, 0.3) is 5.91 Å². The van der Waals surface area contributed by atoms with E-state index >= 15 is 0 Å². The standard InChI is InChI=1S/C23H21N3O2/c24-22(25)17-8-6-16(7-9-17)15-28-20-10-11-21-18(14-20)12-13-26(23(21)27)19-4-2-1-3-5-19/h1-11,14H,12-13,15H2,(H3,24,25). The highest BCUT2D eigenvalue weighted by Crippen LogP contribution is 2.27. The molecule has 0 bridgehead atoms. The van der Waals surface area contributed by atoms with Crippen molar-refractivity contribution in [1.82, 2.24) is 0 Å². The van der Waals surface area contributed by atoms with Crippen LogP contribution in [0.3, 0.4) is 0 Å². The van der Waals surface area contributed by atoms with E-state index in [2.05, 4.69) is 0 Å². The number of fused-ring (bicyclic) bond motifs is 1. The van der Waals surface area contributed by atoms with Crippen LogP contribution in [0.4, 0.5) is 5.69 Å². The number of hydrogen-bond donors (Lipinski definition) is 2. The predicted molar refractivity (Wildman–Crippen MR) is 110 cm³/mol. The fourth-order valence-electron chi connectivity index (χ4n) is 3.36. The van der Waals surface area contributed by atoms with Gasteiger partial charge >= 0.3 is 0 Å². The van der Waals surface area contributed by atoms with Crippen molar-refractivity contribution in [3.05, 3.63) is 95.1 Å². The fourth-order valence-corrected chi connectivity index (χ4v) is 3.36. The molecule has 1 amide bonds. The van der Waals surface area contributed by atoms with E-state index in [1.54, 1.807) is 0 Å². The number of nitrogens with two attached hydrogens (primary N) is 1. The molecule has 0 atom stereocenters. The number of amides is 1. The highest BCUT2D eigenvalue weighted by Gasteiger charge is 2.25. The van der Waals surface area contributed by atoms with Crippen LogP contribution in [-0.4, -0.2) is 18.3 Å². The van der Waals surface area contributed by atoms with E-state index in [1.165, 1.54) is 0 Å². The minimum Gasteiger partial charge on any atom is -0.489 e. The minimum atomic E-state index is 0.0267. The number of benzene rings is 3. The largest absolute Gasteiger partial charge is 0.489 e. The van der Waals surface area contributed by atoms with Crippen LogP contribution in [-0.2, 0) is 13.0 Å². The van der Waals surface area contributed by atoms with E-state index < -0.39 is 0 Å². The third-order valence-electron chi connectivity index (χ3n) is 4.90. The number of anilines is 1. The summed E-state index contributed by atoms with van der Waals surface area (Å²) in [6, 6.07) is 22.8. The number of carbonyl (C=O) groups is 1. The first-order chi connectivity index (χ1) is 13.6. The van der Waals surface area contributed by atoms with Gasteiger partial charge in [0, 0.05) is 23.4 Å². The maximum absolute atomic E-state index is 12.9. The number of rotatable bonds is 5. The second-order valence-electron chi connectivity index (χ2n) is 6.76. The van der Waals surface area contributed by atoms with Gasteiger partial charge in [-0.2, -0.15) is 0 Å². The first kappa shape index (κ1) is 17.8. The van der Waals surface area contributed by atoms with Gasteiger partial charge in [-0.3, -0.25) is 10.2 Å². The Morgan fingerprint density at radius 2 is 1.79 bits per heavy atom. The van der Waals surface area contributed by atoms with E-state index in [1.807, 2.05) is 77.7 Å². The average molecular weight is 371 g/mol. The molecular formula is C23H21N3O2. The molecular weight excluding hydrogens is 350 g/mol. The van der Waals surface area contributed by atoms with Gasteiger partial charge < -0.3 is 15.4 Å². The molecule has 0 unspecified atom stereocenters. The summed E-state index contributed by atoms with van der Waals surface area (Å²) in [7, 11) is 0. The van der Waals surface area contributed by atoms with Crippen LogP contribution in [0.15, 0.2) is 72.8 Å². The summed E-state index contributed by atoms with van der Waals surface area (Å²) >= 11 is 0. The molecule has 5 heteroatoms. The van der Waals surface area contributed by atoms with Crippen molar-refractivity contribution in [3.63, 3.8) is 0 Å². The van der Waals surface area contributed by atoms with Crippen LogP contribution >= 0.6 is 0 Å². The van der Waals surface area contributed by atoms with Crippen LogP contribution in [0.25, 0.3) is 0 Å². The van der Waals surface area contributed by atoms with Crippen molar-refractivity contribution in [1.29, 1.82) is 5.41 Å². The Morgan fingerprint density at radius 3 is 2.50 bits per heavy atom. The lowest BCUT2D eigenvalue weighted by molar-refractivity contribution is 0.0980. The van der Waals surface area contributed by atoms with Crippen LogP contribution < -0.4 is 15.4 Å². The molecule has 3 aromatic rings. The van der Waals surface area contributed by atoms with E-state index in [9.17, 15) is 4.79 Å². The molecule has 1 heterocycles. The topological polar surface area (TPSA) is 79.4 Å². The number of ether oxygens (including phenoxy) is 1. The lowest BCUT2D eigenvalue weighted by Gasteiger charge is -2.29. The molecule has 3 N–H and O–H groups in total. The van der Waals surface area contributed by atoms with E-state index in [0.717, 1.165) is 34.5 Å². The van der Waals surface area contributed by atoms with E-state index in [0.29, 0.717) is 18.7 Å². The van der Waals surface area contributed by atoms with Crippen molar-refractivity contribution >= 4 is 17.4 Å². The number of amidine groups is 1. The Kier molecular flexibility index (Phi) is 4.81. The zero-order valence-corrected chi connectivity index (χ0v) is 15.4. The maximum Gasteiger partial charge on any atom is 0.258 e. The van der Waals surface area contributed by atoms with Crippen molar-refractivity contribution in [2.24, 2.45) is 5.73 Å². The molecule has 1 aliphatic rings. The maximum atomic E-state index is 12.9. The van der Waals surface area contributed by atoms with Gasteiger partial charge in [0.15, 0.2) is 0 Å². The Hall–Kier alpha value is -3.60. The van der Waals surface area contributed by atoms with E-state index in [4.69, 9.17) is 15.9 Å². The molecule has 4 rings (SSSR count). The molecule has 0 aliphatic carbocycles. The Balaban J connectivity index is 1.46. The minimum absolute atomic E-state index is 0.0267. The number of nitrogens with one attached hydrogen (secondary N) is 1. The van der Waals surface area contributed by atoms with Crippen molar-refractivity contribution in [2.45, 2.75) is 13.0 Å².